The molecule has 2 aromatic heterocycles. The van der Waals surface area contributed by atoms with E-state index in [0.29, 0.717) is 22.5 Å². The van der Waals surface area contributed by atoms with Crippen LogP contribution < -0.4 is 5.32 Å². The SMILES string of the molecule is O=C(Cl)c1ccsc1CNC(=O)N1Cc2sccc2C1=O. The molecule has 0 saturated carbocycles. The molecule has 0 fully saturated rings. The Hall–Kier alpha value is -1.70. The van der Waals surface area contributed by atoms with E-state index in [0.717, 1.165) is 9.78 Å². The first-order valence-corrected chi connectivity index (χ1v) is 8.14. The van der Waals surface area contributed by atoms with Gasteiger partial charge in [-0.05, 0) is 34.5 Å². The second-order valence-electron chi connectivity index (χ2n) is 4.34. The van der Waals surface area contributed by atoms with Gasteiger partial charge in [0.25, 0.3) is 11.1 Å². The molecule has 0 bridgehead atoms. The maximum Gasteiger partial charge on any atom is 0.325 e. The van der Waals surface area contributed by atoms with Crippen molar-refractivity contribution in [3.8, 4) is 0 Å². The maximum absolute atomic E-state index is 12.1. The molecule has 0 saturated heterocycles. The molecule has 2 aromatic rings. The third-order valence-corrected chi connectivity index (χ3v) is 5.16. The largest absolute Gasteiger partial charge is 0.333 e. The van der Waals surface area contributed by atoms with Gasteiger partial charge in [-0.25, -0.2) is 4.79 Å². The fraction of sp³-hybridized carbons (Fsp3) is 0.154. The van der Waals surface area contributed by atoms with Crippen molar-refractivity contribution in [3.63, 3.8) is 0 Å². The topological polar surface area (TPSA) is 66.5 Å². The second-order valence-corrected chi connectivity index (χ2v) is 6.68. The molecule has 3 amide bonds. The number of imide groups is 1. The van der Waals surface area contributed by atoms with Crippen LogP contribution in [-0.2, 0) is 13.1 Å². The van der Waals surface area contributed by atoms with Crippen molar-refractivity contribution in [3.05, 3.63) is 43.8 Å². The fourth-order valence-corrected chi connectivity index (χ4v) is 3.98. The summed E-state index contributed by atoms with van der Waals surface area (Å²) in [5, 5.41) is 5.66. The third-order valence-electron chi connectivity index (χ3n) is 3.13. The number of nitrogens with zero attached hydrogens (tertiary/aromatic N) is 1. The number of carbonyl (C=O) groups excluding carboxylic acids is 3. The Morgan fingerprint density at radius 1 is 1.29 bits per heavy atom. The van der Waals surface area contributed by atoms with E-state index in [1.165, 1.54) is 22.7 Å². The first kappa shape index (κ1) is 14.2. The van der Waals surface area contributed by atoms with Crippen LogP contribution >= 0.6 is 34.3 Å². The summed E-state index contributed by atoms with van der Waals surface area (Å²) in [6.07, 6.45) is 0. The fourth-order valence-electron chi connectivity index (χ4n) is 2.08. The van der Waals surface area contributed by atoms with Gasteiger partial charge in [0, 0.05) is 15.3 Å². The molecule has 0 spiro atoms. The van der Waals surface area contributed by atoms with Crippen LogP contribution in [0.25, 0.3) is 0 Å². The van der Waals surface area contributed by atoms with Gasteiger partial charge in [0.1, 0.15) is 0 Å². The van der Waals surface area contributed by atoms with Crippen LogP contribution in [-0.4, -0.2) is 22.1 Å². The van der Waals surface area contributed by atoms with Gasteiger partial charge < -0.3 is 5.32 Å². The van der Waals surface area contributed by atoms with Gasteiger partial charge >= 0.3 is 6.03 Å². The summed E-state index contributed by atoms with van der Waals surface area (Å²) >= 11 is 8.24. The average molecular weight is 341 g/mol. The summed E-state index contributed by atoms with van der Waals surface area (Å²) < 4.78 is 0. The van der Waals surface area contributed by atoms with E-state index in [1.54, 1.807) is 17.5 Å². The predicted molar refractivity (Wildman–Crippen MR) is 80.9 cm³/mol. The van der Waals surface area contributed by atoms with Crippen LogP contribution in [0, 0.1) is 0 Å². The minimum Gasteiger partial charge on any atom is -0.333 e. The molecule has 0 aromatic carbocycles. The van der Waals surface area contributed by atoms with E-state index in [2.05, 4.69) is 5.32 Å². The van der Waals surface area contributed by atoms with Gasteiger partial charge in [0.15, 0.2) is 0 Å². The number of fused-ring (bicyclic) bond motifs is 1. The summed E-state index contributed by atoms with van der Waals surface area (Å²) in [6, 6.07) is 2.86. The Bertz CT molecular complexity index is 737. The van der Waals surface area contributed by atoms with Crippen molar-refractivity contribution in [1.82, 2.24) is 10.2 Å². The molecule has 0 aliphatic carbocycles. The number of urea groups is 1. The zero-order valence-corrected chi connectivity index (χ0v) is 13.0. The average Bonchev–Trinajstić information content (AvgIpc) is 3.13. The van der Waals surface area contributed by atoms with Crippen LogP contribution in [0.1, 0.15) is 30.5 Å². The molecule has 1 aliphatic rings. The van der Waals surface area contributed by atoms with Gasteiger partial charge in [-0.15, -0.1) is 22.7 Å². The molecular formula is C13H9ClN2O3S2. The molecule has 5 nitrogen and oxygen atoms in total. The lowest BCUT2D eigenvalue weighted by Gasteiger charge is -2.14. The highest BCUT2D eigenvalue weighted by Crippen LogP contribution is 2.27. The quantitative estimate of drug-likeness (QED) is 0.873. The molecule has 21 heavy (non-hydrogen) atoms. The number of halogens is 1. The van der Waals surface area contributed by atoms with Gasteiger partial charge in [-0.2, -0.15) is 0 Å². The number of hydrogen-bond acceptors (Lipinski definition) is 5. The van der Waals surface area contributed by atoms with E-state index in [9.17, 15) is 14.4 Å². The minimum absolute atomic E-state index is 0.168. The van der Waals surface area contributed by atoms with E-state index in [1.807, 2.05) is 5.38 Å². The van der Waals surface area contributed by atoms with Crippen LogP contribution in [0.5, 0.6) is 0 Å². The van der Waals surface area contributed by atoms with Crippen molar-refractivity contribution >= 4 is 51.5 Å². The normalized spacial score (nSPS) is 13.4. The predicted octanol–water partition coefficient (Wildman–Crippen LogP) is 3.05. The Balaban J connectivity index is 1.65. The second kappa shape index (κ2) is 5.59. The molecule has 3 rings (SSSR count). The molecule has 0 radical (unpaired) electrons. The summed E-state index contributed by atoms with van der Waals surface area (Å²) in [7, 11) is 0. The molecule has 0 atom stereocenters. The standard InChI is InChI=1S/C13H9ClN2O3S2/c14-11(17)7-1-3-20-9(7)5-15-13(19)16-6-10-8(12(16)18)2-4-21-10/h1-4H,5-6H2,(H,15,19). The number of nitrogens with one attached hydrogen (secondary N) is 1. The molecule has 3 heterocycles. The van der Waals surface area contributed by atoms with Crippen LogP contribution in [0.2, 0.25) is 0 Å². The van der Waals surface area contributed by atoms with Gasteiger partial charge in [0.05, 0.1) is 18.7 Å². The summed E-state index contributed by atoms with van der Waals surface area (Å²) in [5.74, 6) is -0.288. The highest BCUT2D eigenvalue weighted by molar-refractivity contribution is 7.10. The lowest BCUT2D eigenvalue weighted by atomic mass is 10.3. The monoisotopic (exact) mass is 340 g/mol. The Morgan fingerprint density at radius 2 is 2.05 bits per heavy atom. The van der Waals surface area contributed by atoms with Crippen molar-refractivity contribution < 1.29 is 14.4 Å². The Labute approximate surface area is 133 Å². The van der Waals surface area contributed by atoms with E-state index in [-0.39, 0.29) is 12.5 Å². The van der Waals surface area contributed by atoms with Gasteiger partial charge in [-0.3, -0.25) is 14.5 Å². The summed E-state index contributed by atoms with van der Waals surface area (Å²) in [4.78, 5) is 38.0. The first-order valence-electron chi connectivity index (χ1n) is 6.00. The molecular weight excluding hydrogens is 332 g/mol. The van der Waals surface area contributed by atoms with Crippen LogP contribution in [0.4, 0.5) is 4.79 Å². The molecule has 108 valence electrons. The highest BCUT2D eigenvalue weighted by Gasteiger charge is 2.32. The smallest absolute Gasteiger partial charge is 0.325 e. The number of rotatable bonds is 3. The zero-order chi connectivity index (χ0) is 15.0. The minimum atomic E-state index is -0.556. The van der Waals surface area contributed by atoms with Crippen molar-refractivity contribution in [2.75, 3.05) is 0 Å². The van der Waals surface area contributed by atoms with Crippen LogP contribution in [0.15, 0.2) is 22.9 Å². The van der Waals surface area contributed by atoms with Gasteiger partial charge in [-0.1, -0.05) is 0 Å². The third kappa shape index (κ3) is 2.59. The number of carbonyl (C=O) groups is 3. The van der Waals surface area contributed by atoms with Crippen molar-refractivity contribution in [1.29, 1.82) is 0 Å². The van der Waals surface area contributed by atoms with E-state index in [4.69, 9.17) is 11.6 Å². The lowest BCUT2D eigenvalue weighted by molar-refractivity contribution is 0.0820. The Kier molecular flexibility index (Phi) is 3.79. The number of amides is 3. The van der Waals surface area contributed by atoms with Crippen molar-refractivity contribution in [2.45, 2.75) is 13.1 Å². The first-order chi connectivity index (χ1) is 10.1. The Morgan fingerprint density at radius 3 is 2.76 bits per heavy atom. The number of hydrogen-bond donors (Lipinski definition) is 1. The highest BCUT2D eigenvalue weighted by atomic mass is 35.5. The molecule has 1 aliphatic heterocycles. The maximum atomic E-state index is 12.1. The molecule has 1 N–H and O–H groups in total. The molecule has 0 unspecified atom stereocenters. The van der Waals surface area contributed by atoms with Crippen molar-refractivity contribution in [2.24, 2.45) is 0 Å². The summed E-state index contributed by atoms with van der Waals surface area (Å²) in [6.45, 7) is 0.463. The van der Waals surface area contributed by atoms with Crippen LogP contribution in [0.3, 0.4) is 0 Å². The lowest BCUT2D eigenvalue weighted by Crippen LogP contribution is -2.39. The molecule has 8 heteroatoms. The van der Waals surface area contributed by atoms with E-state index < -0.39 is 11.3 Å². The zero-order valence-electron chi connectivity index (χ0n) is 10.6. The van der Waals surface area contributed by atoms with Gasteiger partial charge in [0.2, 0.25) is 0 Å². The number of thiophene rings is 2. The summed E-state index contributed by atoms with van der Waals surface area (Å²) in [5.41, 5.74) is 0.969. The van der Waals surface area contributed by atoms with E-state index >= 15 is 0 Å².